The first-order valence-electron chi connectivity index (χ1n) is 6.41. The molecule has 6 heteroatoms. The lowest BCUT2D eigenvalue weighted by Crippen LogP contribution is -2.46. The lowest BCUT2D eigenvalue weighted by molar-refractivity contribution is -0.115. The van der Waals surface area contributed by atoms with Crippen LogP contribution in [0.5, 0.6) is 0 Å². The van der Waals surface area contributed by atoms with Crippen LogP contribution in [0.4, 0.5) is 5.13 Å². The zero-order valence-electron chi connectivity index (χ0n) is 11.8. The van der Waals surface area contributed by atoms with E-state index in [0.29, 0.717) is 5.13 Å². The third-order valence-electron chi connectivity index (χ3n) is 3.26. The summed E-state index contributed by atoms with van der Waals surface area (Å²) in [6, 6.07) is 0.171. The Morgan fingerprint density at radius 3 is 2.79 bits per heavy atom. The molecule has 0 spiro atoms. The maximum Gasteiger partial charge on any atom is 0.240 e. The van der Waals surface area contributed by atoms with Crippen molar-refractivity contribution in [3.63, 3.8) is 0 Å². The van der Waals surface area contributed by atoms with Crippen molar-refractivity contribution in [3.05, 3.63) is 11.6 Å². The molecule has 2 rings (SSSR count). The average Bonchev–Trinajstić information content (AvgIpc) is 2.81. The van der Waals surface area contributed by atoms with Gasteiger partial charge in [0.05, 0.1) is 17.7 Å². The molecule has 0 radical (unpaired) electrons. The number of carbonyl (C=O) groups is 1. The van der Waals surface area contributed by atoms with E-state index in [1.165, 1.54) is 11.3 Å². The quantitative estimate of drug-likeness (QED) is 0.887. The Hall–Kier alpha value is -0.980. The van der Waals surface area contributed by atoms with Crippen molar-refractivity contribution >= 4 is 22.4 Å². The standard InChI is InChI=1S/C13H21N3O2S/c1-12(2)7-9(13(3,4)18-12)15-8-10(17)16-11-14-5-6-19-11/h5-6,9,15H,7-8H2,1-4H3,(H,14,16,17)/t9-/m1/s1. The number of rotatable bonds is 4. The van der Waals surface area contributed by atoms with Gasteiger partial charge in [0.25, 0.3) is 0 Å². The molecule has 1 atom stereocenters. The first-order valence-corrected chi connectivity index (χ1v) is 7.29. The molecule has 0 aliphatic carbocycles. The molecule has 1 aromatic heterocycles. The highest BCUT2D eigenvalue weighted by Gasteiger charge is 2.45. The van der Waals surface area contributed by atoms with E-state index >= 15 is 0 Å². The van der Waals surface area contributed by atoms with Crippen LogP contribution in [0.15, 0.2) is 11.6 Å². The summed E-state index contributed by atoms with van der Waals surface area (Å²) in [6.07, 6.45) is 2.56. The Balaban J connectivity index is 1.84. The highest BCUT2D eigenvalue weighted by Crippen LogP contribution is 2.37. The minimum atomic E-state index is -0.259. The molecular weight excluding hydrogens is 262 g/mol. The Morgan fingerprint density at radius 2 is 2.26 bits per heavy atom. The first-order chi connectivity index (χ1) is 8.78. The summed E-state index contributed by atoms with van der Waals surface area (Å²) < 4.78 is 5.98. The second-order valence-electron chi connectivity index (χ2n) is 5.99. The van der Waals surface area contributed by atoms with Crippen LogP contribution in [0.25, 0.3) is 0 Å². The summed E-state index contributed by atoms with van der Waals surface area (Å²) in [5, 5.41) is 8.50. The number of hydrogen-bond donors (Lipinski definition) is 2. The summed E-state index contributed by atoms with van der Waals surface area (Å²) in [5.74, 6) is -0.0737. The van der Waals surface area contributed by atoms with Gasteiger partial charge in [0, 0.05) is 17.6 Å². The molecule has 19 heavy (non-hydrogen) atoms. The number of nitrogens with one attached hydrogen (secondary N) is 2. The third kappa shape index (κ3) is 3.75. The SMILES string of the molecule is CC1(C)C[C@@H](NCC(=O)Nc2nccs2)C(C)(C)O1. The van der Waals surface area contributed by atoms with Crippen LogP contribution in [0.3, 0.4) is 0 Å². The van der Waals surface area contributed by atoms with Crippen molar-refractivity contribution in [2.75, 3.05) is 11.9 Å². The first kappa shape index (κ1) is 14.4. The molecule has 0 aromatic carbocycles. The molecule has 1 fully saturated rings. The van der Waals surface area contributed by atoms with E-state index in [4.69, 9.17) is 4.74 Å². The topological polar surface area (TPSA) is 63.2 Å². The molecule has 0 saturated carbocycles. The van der Waals surface area contributed by atoms with Crippen molar-refractivity contribution < 1.29 is 9.53 Å². The molecule has 2 heterocycles. The maximum atomic E-state index is 11.8. The zero-order valence-corrected chi connectivity index (χ0v) is 12.6. The molecule has 1 aliphatic rings. The van der Waals surface area contributed by atoms with Crippen LogP contribution in [-0.2, 0) is 9.53 Å². The molecule has 1 aliphatic heterocycles. The molecular formula is C13H21N3O2S. The van der Waals surface area contributed by atoms with Gasteiger partial charge in [-0.2, -0.15) is 0 Å². The molecule has 2 N–H and O–H groups in total. The predicted octanol–water partition coefficient (Wildman–Crippen LogP) is 2.02. The normalized spacial score (nSPS) is 24.3. The number of thiazole rings is 1. The summed E-state index contributed by atoms with van der Waals surface area (Å²) in [4.78, 5) is 15.8. The van der Waals surface area contributed by atoms with Gasteiger partial charge in [-0.05, 0) is 34.1 Å². The number of nitrogens with zero attached hydrogens (tertiary/aromatic N) is 1. The molecule has 5 nitrogen and oxygen atoms in total. The van der Waals surface area contributed by atoms with Gasteiger partial charge in [0.1, 0.15) is 0 Å². The van der Waals surface area contributed by atoms with Crippen molar-refractivity contribution in [2.45, 2.75) is 51.4 Å². The van der Waals surface area contributed by atoms with Gasteiger partial charge < -0.3 is 15.4 Å². The molecule has 106 valence electrons. The monoisotopic (exact) mass is 283 g/mol. The van der Waals surface area contributed by atoms with E-state index in [1.807, 2.05) is 5.38 Å². The van der Waals surface area contributed by atoms with Crippen LogP contribution in [-0.4, -0.2) is 34.7 Å². The number of hydrogen-bond acceptors (Lipinski definition) is 5. The summed E-state index contributed by atoms with van der Waals surface area (Å²) in [7, 11) is 0. The summed E-state index contributed by atoms with van der Waals surface area (Å²) >= 11 is 1.41. The highest BCUT2D eigenvalue weighted by molar-refractivity contribution is 7.13. The molecule has 0 bridgehead atoms. The minimum absolute atomic E-state index is 0.0737. The van der Waals surface area contributed by atoms with Gasteiger partial charge in [0.15, 0.2) is 5.13 Å². The minimum Gasteiger partial charge on any atom is -0.368 e. The van der Waals surface area contributed by atoms with Gasteiger partial charge >= 0.3 is 0 Å². The van der Waals surface area contributed by atoms with E-state index in [2.05, 4.69) is 43.3 Å². The molecule has 0 unspecified atom stereocenters. The number of ether oxygens (including phenoxy) is 1. The fraction of sp³-hybridized carbons (Fsp3) is 0.692. The smallest absolute Gasteiger partial charge is 0.240 e. The molecule has 1 saturated heterocycles. The second kappa shape index (κ2) is 5.19. The number of anilines is 1. The fourth-order valence-corrected chi connectivity index (χ4v) is 3.09. The van der Waals surface area contributed by atoms with Gasteiger partial charge in [-0.1, -0.05) is 0 Å². The van der Waals surface area contributed by atoms with Crippen molar-refractivity contribution in [1.29, 1.82) is 0 Å². The Kier molecular flexibility index (Phi) is 3.94. The van der Waals surface area contributed by atoms with Crippen LogP contribution < -0.4 is 10.6 Å². The lowest BCUT2D eigenvalue weighted by atomic mass is 9.94. The Labute approximate surface area is 117 Å². The van der Waals surface area contributed by atoms with E-state index < -0.39 is 0 Å². The lowest BCUT2D eigenvalue weighted by Gasteiger charge is -2.27. The highest BCUT2D eigenvalue weighted by atomic mass is 32.1. The second-order valence-corrected chi connectivity index (χ2v) is 6.88. The van der Waals surface area contributed by atoms with E-state index in [0.717, 1.165) is 6.42 Å². The van der Waals surface area contributed by atoms with E-state index in [1.54, 1.807) is 6.20 Å². The Morgan fingerprint density at radius 1 is 1.53 bits per heavy atom. The summed E-state index contributed by atoms with van der Waals surface area (Å²) in [6.45, 7) is 8.53. The zero-order chi connectivity index (χ0) is 14.1. The van der Waals surface area contributed by atoms with Crippen LogP contribution in [0.2, 0.25) is 0 Å². The largest absolute Gasteiger partial charge is 0.368 e. The van der Waals surface area contributed by atoms with Crippen LogP contribution >= 0.6 is 11.3 Å². The van der Waals surface area contributed by atoms with Gasteiger partial charge in [0.2, 0.25) is 5.91 Å². The number of amides is 1. The predicted molar refractivity (Wildman–Crippen MR) is 76.4 cm³/mol. The van der Waals surface area contributed by atoms with Crippen molar-refractivity contribution in [1.82, 2.24) is 10.3 Å². The van der Waals surface area contributed by atoms with Gasteiger partial charge in [-0.15, -0.1) is 11.3 Å². The van der Waals surface area contributed by atoms with Crippen molar-refractivity contribution in [2.24, 2.45) is 0 Å². The van der Waals surface area contributed by atoms with E-state index in [9.17, 15) is 4.79 Å². The van der Waals surface area contributed by atoms with Gasteiger partial charge in [-0.25, -0.2) is 4.98 Å². The van der Waals surface area contributed by atoms with Crippen LogP contribution in [0, 0.1) is 0 Å². The molecule has 1 amide bonds. The number of aromatic nitrogens is 1. The van der Waals surface area contributed by atoms with Crippen molar-refractivity contribution in [3.8, 4) is 0 Å². The van der Waals surface area contributed by atoms with Gasteiger partial charge in [-0.3, -0.25) is 4.79 Å². The average molecular weight is 283 g/mol. The van der Waals surface area contributed by atoms with Crippen LogP contribution in [0.1, 0.15) is 34.1 Å². The Bertz CT molecular complexity index is 443. The van der Waals surface area contributed by atoms with E-state index in [-0.39, 0.29) is 29.7 Å². The fourth-order valence-electron chi connectivity index (χ4n) is 2.54. The third-order valence-corrected chi connectivity index (χ3v) is 3.95. The summed E-state index contributed by atoms with van der Waals surface area (Å²) in [5.41, 5.74) is -0.405. The molecule has 1 aromatic rings. The number of carbonyl (C=O) groups excluding carboxylic acids is 1. The maximum absolute atomic E-state index is 11.8.